The predicted octanol–water partition coefficient (Wildman–Crippen LogP) is 4.41. The Hall–Kier alpha value is -1.59. The molecule has 0 saturated carbocycles. The van der Waals surface area contributed by atoms with Gasteiger partial charge >= 0.3 is 0 Å². The normalized spacial score (nSPS) is 12.4. The van der Waals surface area contributed by atoms with Gasteiger partial charge in [-0.25, -0.2) is 0 Å². The number of benzene rings is 1. The van der Waals surface area contributed by atoms with Crippen LogP contribution in [0, 0.1) is 24.0 Å². The first kappa shape index (κ1) is 15.8. The summed E-state index contributed by atoms with van der Waals surface area (Å²) in [5.41, 5.74) is 3.25. The second kappa shape index (κ2) is 6.03. The first-order chi connectivity index (χ1) is 9.81. The number of nitrogens with zero attached hydrogens (tertiary/aromatic N) is 3. The lowest BCUT2D eigenvalue weighted by Gasteiger charge is -2.08. The molecular formula is C14H15Cl2N3O2. The molecule has 0 aliphatic carbocycles. The van der Waals surface area contributed by atoms with Crippen LogP contribution < -0.4 is 0 Å². The summed E-state index contributed by atoms with van der Waals surface area (Å²) in [7, 11) is 0. The van der Waals surface area contributed by atoms with Crippen molar-refractivity contribution in [3.63, 3.8) is 0 Å². The van der Waals surface area contributed by atoms with Gasteiger partial charge < -0.3 is 0 Å². The average molecular weight is 328 g/mol. The number of rotatable bonds is 4. The molecule has 5 nitrogen and oxygen atoms in total. The number of halogens is 2. The molecule has 1 aromatic heterocycles. The third kappa shape index (κ3) is 3.19. The van der Waals surface area contributed by atoms with Crippen molar-refractivity contribution >= 4 is 28.9 Å². The van der Waals surface area contributed by atoms with Gasteiger partial charge in [0.1, 0.15) is 0 Å². The van der Waals surface area contributed by atoms with E-state index in [1.807, 2.05) is 20.8 Å². The highest BCUT2D eigenvalue weighted by Gasteiger charge is 2.19. The quantitative estimate of drug-likeness (QED) is 0.474. The minimum Gasteiger partial charge on any atom is -0.265 e. The second-order valence-corrected chi connectivity index (χ2v) is 5.98. The monoisotopic (exact) mass is 327 g/mol. The van der Waals surface area contributed by atoms with Crippen LogP contribution in [0.2, 0.25) is 5.02 Å². The highest BCUT2D eigenvalue weighted by atomic mass is 35.5. The molecule has 112 valence electrons. The molecule has 0 saturated heterocycles. The van der Waals surface area contributed by atoms with Crippen molar-refractivity contribution in [1.29, 1.82) is 0 Å². The van der Waals surface area contributed by atoms with Gasteiger partial charge in [0.05, 0.1) is 28.1 Å². The zero-order chi connectivity index (χ0) is 15.7. The van der Waals surface area contributed by atoms with Gasteiger partial charge in [0.2, 0.25) is 0 Å². The highest BCUT2D eigenvalue weighted by Crippen LogP contribution is 2.28. The van der Waals surface area contributed by atoms with Gasteiger partial charge in [-0.05, 0) is 32.9 Å². The SMILES string of the molecule is Cc1nn(Cc2cc(Cl)ccc2[N+](=O)[O-])c(C)c1C(C)Cl. The van der Waals surface area contributed by atoms with Crippen molar-refractivity contribution in [2.75, 3.05) is 0 Å². The Morgan fingerprint density at radius 2 is 2.10 bits per heavy atom. The van der Waals surface area contributed by atoms with Crippen LogP contribution in [0.1, 0.15) is 34.8 Å². The maximum absolute atomic E-state index is 11.1. The van der Waals surface area contributed by atoms with Crippen LogP contribution in [0.15, 0.2) is 18.2 Å². The molecule has 21 heavy (non-hydrogen) atoms. The Morgan fingerprint density at radius 1 is 1.43 bits per heavy atom. The molecule has 1 atom stereocenters. The lowest BCUT2D eigenvalue weighted by atomic mass is 10.1. The Kier molecular flexibility index (Phi) is 4.54. The third-order valence-electron chi connectivity index (χ3n) is 3.39. The summed E-state index contributed by atoms with van der Waals surface area (Å²) in [5.74, 6) is 0. The van der Waals surface area contributed by atoms with Gasteiger partial charge in [0.25, 0.3) is 5.69 Å². The lowest BCUT2D eigenvalue weighted by Crippen LogP contribution is -2.07. The van der Waals surface area contributed by atoms with E-state index < -0.39 is 4.92 Å². The molecule has 1 unspecified atom stereocenters. The standard InChI is InChI=1S/C14H15Cl2N3O2/c1-8(15)14-9(2)17-18(10(14)3)7-11-6-12(16)4-5-13(11)19(20)21/h4-6,8H,7H2,1-3H3. The summed E-state index contributed by atoms with van der Waals surface area (Å²) < 4.78 is 1.72. The van der Waals surface area contributed by atoms with Gasteiger partial charge in [-0.15, -0.1) is 11.6 Å². The molecule has 0 radical (unpaired) electrons. The van der Waals surface area contributed by atoms with E-state index in [9.17, 15) is 10.1 Å². The molecule has 0 bridgehead atoms. The van der Waals surface area contributed by atoms with Crippen LogP contribution in [0.4, 0.5) is 5.69 Å². The van der Waals surface area contributed by atoms with Crippen molar-refractivity contribution in [2.24, 2.45) is 0 Å². The van der Waals surface area contributed by atoms with Crippen LogP contribution in [0.5, 0.6) is 0 Å². The number of hydrogen-bond donors (Lipinski definition) is 0. The summed E-state index contributed by atoms with van der Waals surface area (Å²) in [4.78, 5) is 10.7. The van der Waals surface area contributed by atoms with Gasteiger partial charge in [0, 0.05) is 22.3 Å². The van der Waals surface area contributed by atoms with E-state index in [1.54, 1.807) is 10.7 Å². The van der Waals surface area contributed by atoms with Crippen molar-refractivity contribution in [3.8, 4) is 0 Å². The second-order valence-electron chi connectivity index (χ2n) is 4.89. The van der Waals surface area contributed by atoms with Crippen LogP contribution >= 0.6 is 23.2 Å². The van der Waals surface area contributed by atoms with E-state index in [-0.39, 0.29) is 17.6 Å². The van der Waals surface area contributed by atoms with Crippen molar-refractivity contribution in [2.45, 2.75) is 32.7 Å². The minimum atomic E-state index is -0.414. The number of nitro benzene ring substituents is 1. The molecule has 0 spiro atoms. The Labute approximate surface area is 132 Å². The molecule has 0 aliphatic rings. The molecule has 1 heterocycles. The fraction of sp³-hybridized carbons (Fsp3) is 0.357. The molecule has 0 N–H and O–H groups in total. The zero-order valence-corrected chi connectivity index (χ0v) is 13.4. The van der Waals surface area contributed by atoms with Crippen molar-refractivity contribution < 1.29 is 4.92 Å². The summed E-state index contributed by atoms with van der Waals surface area (Å²) >= 11 is 12.1. The number of aromatic nitrogens is 2. The van der Waals surface area contributed by atoms with Crippen LogP contribution in [-0.4, -0.2) is 14.7 Å². The van der Waals surface area contributed by atoms with Gasteiger partial charge in [0.15, 0.2) is 0 Å². The summed E-state index contributed by atoms with van der Waals surface area (Å²) in [5, 5.41) is 15.8. The molecular weight excluding hydrogens is 313 g/mol. The maximum atomic E-state index is 11.1. The number of aryl methyl sites for hydroxylation is 1. The molecule has 0 aliphatic heterocycles. The Balaban J connectivity index is 2.46. The molecule has 2 rings (SSSR count). The highest BCUT2D eigenvalue weighted by molar-refractivity contribution is 6.30. The topological polar surface area (TPSA) is 61.0 Å². The smallest absolute Gasteiger partial charge is 0.265 e. The molecule has 0 fully saturated rings. The molecule has 7 heteroatoms. The summed E-state index contributed by atoms with van der Waals surface area (Å²) in [6, 6.07) is 4.52. The third-order valence-corrected chi connectivity index (χ3v) is 3.85. The summed E-state index contributed by atoms with van der Waals surface area (Å²) in [6.07, 6.45) is 0. The largest absolute Gasteiger partial charge is 0.274 e. The zero-order valence-electron chi connectivity index (χ0n) is 11.9. The number of nitro groups is 1. The van der Waals surface area contributed by atoms with E-state index in [1.165, 1.54) is 12.1 Å². The first-order valence-electron chi connectivity index (χ1n) is 6.42. The minimum absolute atomic E-state index is 0.0347. The number of hydrogen-bond acceptors (Lipinski definition) is 3. The van der Waals surface area contributed by atoms with E-state index in [0.717, 1.165) is 17.0 Å². The van der Waals surface area contributed by atoms with Gasteiger partial charge in [-0.2, -0.15) is 5.10 Å². The summed E-state index contributed by atoms with van der Waals surface area (Å²) in [6.45, 7) is 5.95. The van der Waals surface area contributed by atoms with Crippen molar-refractivity contribution in [1.82, 2.24) is 9.78 Å². The maximum Gasteiger partial charge on any atom is 0.274 e. The predicted molar refractivity (Wildman–Crippen MR) is 83.2 cm³/mol. The van der Waals surface area contributed by atoms with E-state index in [4.69, 9.17) is 23.2 Å². The van der Waals surface area contributed by atoms with E-state index in [2.05, 4.69) is 5.10 Å². The number of alkyl halides is 1. The van der Waals surface area contributed by atoms with Gasteiger partial charge in [-0.1, -0.05) is 11.6 Å². The van der Waals surface area contributed by atoms with Crippen LogP contribution in [0.25, 0.3) is 0 Å². The lowest BCUT2D eigenvalue weighted by molar-refractivity contribution is -0.385. The Bertz CT molecular complexity index is 696. The van der Waals surface area contributed by atoms with Crippen molar-refractivity contribution in [3.05, 3.63) is 55.9 Å². The van der Waals surface area contributed by atoms with Crippen LogP contribution in [-0.2, 0) is 6.54 Å². The van der Waals surface area contributed by atoms with Crippen LogP contribution in [0.3, 0.4) is 0 Å². The fourth-order valence-electron chi connectivity index (χ4n) is 2.46. The first-order valence-corrected chi connectivity index (χ1v) is 7.23. The molecule has 2 aromatic rings. The fourth-order valence-corrected chi connectivity index (χ4v) is 2.97. The van der Waals surface area contributed by atoms with E-state index >= 15 is 0 Å². The van der Waals surface area contributed by atoms with E-state index in [0.29, 0.717) is 10.6 Å². The van der Waals surface area contributed by atoms with Gasteiger partial charge in [-0.3, -0.25) is 14.8 Å². The molecule has 0 amide bonds. The molecule has 1 aromatic carbocycles. The Morgan fingerprint density at radius 3 is 2.62 bits per heavy atom. The average Bonchev–Trinajstić information content (AvgIpc) is 2.64.